The first-order chi connectivity index (χ1) is 14.0. The molecule has 2 aromatic carbocycles. The van der Waals surface area contributed by atoms with Crippen molar-refractivity contribution in [2.75, 3.05) is 14.1 Å². The van der Waals surface area contributed by atoms with Gasteiger partial charge in [-0.15, -0.1) is 0 Å². The Kier molecular flexibility index (Phi) is 4.64. The second-order valence-electron chi connectivity index (χ2n) is 6.79. The van der Waals surface area contributed by atoms with Crippen LogP contribution in [0.3, 0.4) is 0 Å². The Morgan fingerprint density at radius 3 is 2.45 bits per heavy atom. The van der Waals surface area contributed by atoms with Gasteiger partial charge in [-0.2, -0.15) is 0 Å². The van der Waals surface area contributed by atoms with Crippen molar-refractivity contribution in [3.8, 4) is 5.75 Å². The highest BCUT2D eigenvalue weighted by atomic mass is 16.6. The third kappa shape index (κ3) is 3.38. The van der Waals surface area contributed by atoms with Gasteiger partial charge in [0, 0.05) is 19.5 Å². The van der Waals surface area contributed by atoms with Crippen molar-refractivity contribution in [3.63, 3.8) is 0 Å². The summed E-state index contributed by atoms with van der Waals surface area (Å²) in [7, 11) is 3.03. The molecular formula is C22H18N2O5. The number of rotatable bonds is 3. The summed E-state index contributed by atoms with van der Waals surface area (Å²) in [5.74, 6) is -0.118. The summed E-state index contributed by atoms with van der Waals surface area (Å²) < 4.78 is 12.3. The van der Waals surface area contributed by atoms with Gasteiger partial charge in [-0.1, -0.05) is 42.5 Å². The van der Waals surface area contributed by atoms with Crippen LogP contribution in [-0.2, 0) is 6.54 Å². The zero-order valence-corrected chi connectivity index (χ0v) is 15.9. The van der Waals surface area contributed by atoms with E-state index in [1.165, 1.54) is 19.0 Å². The van der Waals surface area contributed by atoms with Gasteiger partial charge in [-0.05, 0) is 17.7 Å². The Balaban J connectivity index is 2.06. The van der Waals surface area contributed by atoms with Crippen molar-refractivity contribution in [1.82, 2.24) is 9.47 Å². The van der Waals surface area contributed by atoms with Crippen molar-refractivity contribution in [3.05, 3.63) is 87.0 Å². The fourth-order valence-corrected chi connectivity index (χ4v) is 3.20. The third-order valence-corrected chi connectivity index (χ3v) is 4.57. The van der Waals surface area contributed by atoms with E-state index in [0.29, 0.717) is 17.4 Å². The lowest BCUT2D eigenvalue weighted by Gasteiger charge is -2.15. The molecule has 0 N–H and O–H groups in total. The topological polar surface area (TPSA) is 81.8 Å². The minimum absolute atomic E-state index is 0.0504. The first-order valence-electron chi connectivity index (χ1n) is 8.98. The molecule has 0 saturated carbocycles. The van der Waals surface area contributed by atoms with E-state index in [2.05, 4.69) is 0 Å². The van der Waals surface area contributed by atoms with Crippen LogP contribution in [0.1, 0.15) is 5.56 Å². The molecule has 0 aliphatic heterocycles. The number of hydrogen-bond acceptors (Lipinski definition) is 5. The number of benzene rings is 2. The van der Waals surface area contributed by atoms with Crippen LogP contribution < -0.4 is 15.9 Å². The zero-order valence-electron chi connectivity index (χ0n) is 15.9. The number of amides is 1. The fraction of sp³-hybridized carbons (Fsp3) is 0.136. The van der Waals surface area contributed by atoms with Gasteiger partial charge in [-0.3, -0.25) is 4.79 Å². The van der Waals surface area contributed by atoms with E-state index in [1.807, 2.05) is 36.4 Å². The summed E-state index contributed by atoms with van der Waals surface area (Å²) >= 11 is 0. The monoisotopic (exact) mass is 390 g/mol. The highest BCUT2D eigenvalue weighted by molar-refractivity contribution is 6.04. The second kappa shape index (κ2) is 7.27. The number of carbonyl (C=O) groups is 1. The van der Waals surface area contributed by atoms with Crippen molar-refractivity contribution in [1.29, 1.82) is 0 Å². The number of para-hydroxylation sites is 1. The van der Waals surface area contributed by atoms with Gasteiger partial charge in [0.25, 0.3) is 5.56 Å². The molecule has 0 unspecified atom stereocenters. The first kappa shape index (κ1) is 18.5. The van der Waals surface area contributed by atoms with Gasteiger partial charge in [0.15, 0.2) is 11.3 Å². The number of nitrogens with zero attached hydrogens (tertiary/aromatic N) is 2. The quantitative estimate of drug-likeness (QED) is 0.502. The molecule has 0 saturated heterocycles. The molecule has 0 radical (unpaired) electrons. The fourth-order valence-electron chi connectivity index (χ4n) is 3.20. The normalized spacial score (nSPS) is 11.0. The van der Waals surface area contributed by atoms with Gasteiger partial charge in [0.2, 0.25) is 0 Å². The van der Waals surface area contributed by atoms with Crippen LogP contribution in [0.25, 0.3) is 21.9 Å². The molecule has 2 heterocycles. The van der Waals surface area contributed by atoms with E-state index in [1.54, 1.807) is 22.8 Å². The molecule has 7 heteroatoms. The molecule has 0 aliphatic carbocycles. The zero-order chi connectivity index (χ0) is 20.5. The molecule has 0 fully saturated rings. The van der Waals surface area contributed by atoms with Gasteiger partial charge < -0.3 is 18.6 Å². The van der Waals surface area contributed by atoms with Crippen LogP contribution in [0.2, 0.25) is 0 Å². The van der Waals surface area contributed by atoms with Gasteiger partial charge >= 0.3 is 11.7 Å². The lowest BCUT2D eigenvalue weighted by molar-refractivity contribution is 0.172. The lowest BCUT2D eigenvalue weighted by Crippen LogP contribution is -2.27. The molecule has 4 aromatic rings. The molecule has 0 bridgehead atoms. The SMILES string of the molecule is CN(C)C(=O)Oc1cc(=O)oc2c1c(=O)n(Cc1ccccc1)c1ccccc21. The molecule has 0 atom stereocenters. The number of ether oxygens (including phenoxy) is 1. The lowest BCUT2D eigenvalue weighted by atomic mass is 10.1. The standard InChI is InChI=1S/C22H18N2O5/c1-23(2)22(27)28-17-12-18(25)29-20-15-10-6-7-11-16(15)24(21(26)19(17)20)13-14-8-4-3-5-9-14/h3-12H,13H2,1-2H3. The van der Waals surface area contributed by atoms with E-state index >= 15 is 0 Å². The minimum atomic E-state index is -0.704. The Morgan fingerprint density at radius 1 is 1.03 bits per heavy atom. The predicted octanol–water partition coefficient (Wildman–Crippen LogP) is 3.22. The van der Waals surface area contributed by atoms with Crippen LogP contribution >= 0.6 is 0 Å². The maximum atomic E-state index is 13.4. The first-order valence-corrected chi connectivity index (χ1v) is 8.98. The third-order valence-electron chi connectivity index (χ3n) is 4.57. The Morgan fingerprint density at radius 2 is 1.72 bits per heavy atom. The van der Waals surface area contributed by atoms with Crippen LogP contribution in [0.4, 0.5) is 4.79 Å². The summed E-state index contributed by atoms with van der Waals surface area (Å²) in [4.78, 5) is 38.8. The van der Waals surface area contributed by atoms with E-state index < -0.39 is 17.3 Å². The summed E-state index contributed by atoms with van der Waals surface area (Å²) in [5, 5.41) is 0.632. The number of fused-ring (bicyclic) bond motifs is 3. The van der Waals surface area contributed by atoms with Crippen molar-refractivity contribution >= 4 is 28.0 Å². The largest absolute Gasteiger partial charge is 0.422 e. The Bertz CT molecular complexity index is 1340. The maximum absolute atomic E-state index is 13.4. The summed E-state index contributed by atoms with van der Waals surface area (Å²) in [5.41, 5.74) is 0.539. The molecule has 2 aromatic heterocycles. The molecule has 7 nitrogen and oxygen atoms in total. The second-order valence-corrected chi connectivity index (χ2v) is 6.79. The van der Waals surface area contributed by atoms with E-state index in [9.17, 15) is 14.4 Å². The molecular weight excluding hydrogens is 372 g/mol. The van der Waals surface area contributed by atoms with Gasteiger partial charge in [-0.25, -0.2) is 9.59 Å². The van der Waals surface area contributed by atoms with Crippen molar-refractivity contribution < 1.29 is 13.9 Å². The number of pyridine rings is 1. The maximum Gasteiger partial charge on any atom is 0.414 e. The van der Waals surface area contributed by atoms with Crippen LogP contribution in [0.15, 0.2) is 74.7 Å². The predicted molar refractivity (Wildman–Crippen MR) is 110 cm³/mol. The van der Waals surface area contributed by atoms with Crippen LogP contribution in [0.5, 0.6) is 5.75 Å². The van der Waals surface area contributed by atoms with E-state index in [-0.39, 0.29) is 16.7 Å². The molecule has 0 aliphatic rings. The van der Waals surface area contributed by atoms with Crippen LogP contribution in [-0.4, -0.2) is 29.7 Å². The van der Waals surface area contributed by atoms with Gasteiger partial charge in [0.1, 0.15) is 5.39 Å². The smallest absolute Gasteiger partial charge is 0.414 e. The highest BCUT2D eigenvalue weighted by Crippen LogP contribution is 2.28. The average molecular weight is 390 g/mol. The highest BCUT2D eigenvalue weighted by Gasteiger charge is 2.20. The number of carbonyl (C=O) groups excluding carboxylic acids is 1. The Hall–Kier alpha value is -3.87. The van der Waals surface area contributed by atoms with Crippen molar-refractivity contribution in [2.24, 2.45) is 0 Å². The summed E-state index contributed by atoms with van der Waals surface area (Å²) in [6.07, 6.45) is -0.695. The molecule has 1 amide bonds. The Labute approximate surface area is 165 Å². The minimum Gasteiger partial charge on any atom is -0.422 e. The average Bonchev–Trinajstić information content (AvgIpc) is 2.71. The summed E-state index contributed by atoms with van der Waals surface area (Å²) in [6.45, 7) is 0.316. The van der Waals surface area contributed by atoms with E-state index in [0.717, 1.165) is 11.6 Å². The van der Waals surface area contributed by atoms with Crippen molar-refractivity contribution in [2.45, 2.75) is 6.54 Å². The number of hydrogen-bond donors (Lipinski definition) is 0. The molecule has 29 heavy (non-hydrogen) atoms. The van der Waals surface area contributed by atoms with Gasteiger partial charge in [0.05, 0.1) is 18.1 Å². The number of aromatic nitrogens is 1. The van der Waals surface area contributed by atoms with Crippen LogP contribution in [0, 0.1) is 0 Å². The molecule has 4 rings (SSSR count). The van der Waals surface area contributed by atoms with E-state index in [4.69, 9.17) is 9.15 Å². The summed E-state index contributed by atoms with van der Waals surface area (Å²) in [6, 6.07) is 17.7. The molecule has 0 spiro atoms. The molecule has 146 valence electrons.